The van der Waals surface area contributed by atoms with E-state index in [0.29, 0.717) is 25.7 Å². The van der Waals surface area contributed by atoms with Crippen molar-refractivity contribution in [2.24, 2.45) is 17.8 Å². The van der Waals surface area contributed by atoms with Gasteiger partial charge in [-0.15, -0.1) is 0 Å². The van der Waals surface area contributed by atoms with Gasteiger partial charge in [0.2, 0.25) is 0 Å². The minimum Gasteiger partial charge on any atom is -0.462 e. The fourth-order valence-electron chi connectivity index (χ4n) is 12.5. The van der Waals surface area contributed by atoms with Crippen molar-refractivity contribution >= 4 is 39.5 Å². The topological polar surface area (TPSA) is 237 Å². The molecule has 0 bridgehead atoms. The number of aliphatic hydroxyl groups excluding tert-OH is 1. The Morgan fingerprint density at radius 1 is 0.290 bits per heavy atom. The van der Waals surface area contributed by atoms with E-state index in [4.69, 9.17) is 37.0 Å². The lowest BCUT2D eigenvalue weighted by atomic mass is 9.99. The molecule has 0 saturated carbocycles. The Labute approximate surface area is 613 Å². The van der Waals surface area contributed by atoms with Crippen LogP contribution in [0, 0.1) is 17.8 Å². The zero-order valence-corrected chi connectivity index (χ0v) is 67.5. The van der Waals surface area contributed by atoms with E-state index in [0.717, 1.165) is 108 Å². The molecule has 3 unspecified atom stereocenters. The maximum Gasteiger partial charge on any atom is 0.472 e. The van der Waals surface area contributed by atoms with Crippen molar-refractivity contribution in [1.82, 2.24) is 0 Å². The predicted octanol–water partition coefficient (Wildman–Crippen LogP) is 24.1. The summed E-state index contributed by atoms with van der Waals surface area (Å²) in [7, 11) is -9.92. The van der Waals surface area contributed by atoms with Crippen LogP contribution in [0.15, 0.2) is 0 Å². The van der Waals surface area contributed by atoms with Gasteiger partial charge in [-0.2, -0.15) is 0 Å². The quantitative estimate of drug-likeness (QED) is 0.0222. The maximum absolute atomic E-state index is 13.1. The number of phosphoric ester groups is 2. The first-order valence-corrected chi connectivity index (χ1v) is 44.9. The minimum atomic E-state index is -4.96. The van der Waals surface area contributed by atoms with Gasteiger partial charge < -0.3 is 33.8 Å². The van der Waals surface area contributed by atoms with Crippen molar-refractivity contribution in [2.75, 3.05) is 39.6 Å². The molecule has 0 amide bonds. The molecular weight excluding hydrogens is 1310 g/mol. The van der Waals surface area contributed by atoms with Gasteiger partial charge in [0.15, 0.2) is 12.2 Å². The molecule has 0 aromatic heterocycles. The molecule has 0 aliphatic carbocycles. The molecule has 100 heavy (non-hydrogen) atoms. The summed E-state index contributed by atoms with van der Waals surface area (Å²) >= 11 is 0. The highest BCUT2D eigenvalue weighted by molar-refractivity contribution is 7.47. The molecule has 0 aromatic rings. The molecular formula is C81H158O17P2. The van der Waals surface area contributed by atoms with Crippen molar-refractivity contribution < 1.29 is 80.2 Å². The second-order valence-electron chi connectivity index (χ2n) is 30.4. The first-order chi connectivity index (χ1) is 48.3. The van der Waals surface area contributed by atoms with Gasteiger partial charge >= 0.3 is 39.5 Å². The van der Waals surface area contributed by atoms with Crippen LogP contribution in [-0.4, -0.2) is 96.7 Å². The molecule has 0 fully saturated rings. The van der Waals surface area contributed by atoms with Crippen LogP contribution in [0.5, 0.6) is 0 Å². The first kappa shape index (κ1) is 98.1. The molecule has 0 aliphatic rings. The second-order valence-corrected chi connectivity index (χ2v) is 33.3. The zero-order valence-electron chi connectivity index (χ0n) is 65.7. The monoisotopic (exact) mass is 1470 g/mol. The maximum atomic E-state index is 13.1. The van der Waals surface area contributed by atoms with Crippen molar-refractivity contribution in [1.29, 1.82) is 0 Å². The Kier molecular flexibility index (Phi) is 69.9. The highest BCUT2D eigenvalue weighted by atomic mass is 31.2. The van der Waals surface area contributed by atoms with Crippen LogP contribution >= 0.6 is 15.6 Å². The third-order valence-electron chi connectivity index (χ3n) is 19.2. The Morgan fingerprint density at radius 3 is 0.760 bits per heavy atom. The summed E-state index contributed by atoms with van der Waals surface area (Å²) < 4.78 is 68.8. The van der Waals surface area contributed by atoms with Crippen molar-refractivity contribution in [2.45, 2.75) is 439 Å². The van der Waals surface area contributed by atoms with Crippen LogP contribution in [0.2, 0.25) is 0 Å². The summed E-state index contributed by atoms with van der Waals surface area (Å²) in [5.74, 6) is 0.272. The summed E-state index contributed by atoms with van der Waals surface area (Å²) in [4.78, 5) is 73.1. The van der Waals surface area contributed by atoms with Gasteiger partial charge in [0.1, 0.15) is 19.3 Å². The van der Waals surface area contributed by atoms with Crippen molar-refractivity contribution in [3.63, 3.8) is 0 Å². The highest BCUT2D eigenvalue weighted by Crippen LogP contribution is 2.45. The molecule has 0 saturated heterocycles. The Hall–Kier alpha value is -1.94. The molecule has 0 rings (SSSR count). The van der Waals surface area contributed by atoms with E-state index in [1.165, 1.54) is 231 Å². The summed E-state index contributed by atoms with van der Waals surface area (Å²) in [5.41, 5.74) is 0. The molecule has 0 spiro atoms. The molecule has 17 nitrogen and oxygen atoms in total. The van der Waals surface area contributed by atoms with Crippen LogP contribution < -0.4 is 0 Å². The fraction of sp³-hybridized carbons (Fsp3) is 0.951. The predicted molar refractivity (Wildman–Crippen MR) is 409 cm³/mol. The largest absolute Gasteiger partial charge is 0.472 e. The number of hydrogen-bond donors (Lipinski definition) is 3. The smallest absolute Gasteiger partial charge is 0.462 e. The Balaban J connectivity index is 5.27. The number of aliphatic hydroxyl groups is 1. The average Bonchev–Trinajstić information content (AvgIpc) is 0.926. The van der Waals surface area contributed by atoms with E-state index in [1.807, 2.05) is 0 Å². The lowest BCUT2D eigenvalue weighted by Crippen LogP contribution is -2.30. The Morgan fingerprint density at radius 2 is 0.510 bits per heavy atom. The standard InChI is InChI=1S/C81H158O17P2/c1-8-10-11-12-13-14-15-16-22-28-35-43-50-57-64-80(85)98-77(69-92-79(84)63-56-49-42-37-30-32-39-46-53-60-73(5)6)71-96-100(89,90)94-67-75(82)66-93-99(87,88)95-70-76(68-91-78(83)62-55-48-41-34-27-24-19-20-25-31-38-45-52-59-72(3)4)97-81(86)65-58-51-44-36-29-23-18-17-21-26-33-40-47-54-61-74(7)9-2/h72-77,82H,8-71H2,1-7H3,(H,87,88)(H,89,90)/t74?,75-,76-,77-/m1/s1. The summed E-state index contributed by atoms with van der Waals surface area (Å²) in [6.45, 7) is 12.0. The molecule has 0 aliphatic heterocycles. The molecule has 0 radical (unpaired) electrons. The summed E-state index contributed by atoms with van der Waals surface area (Å²) in [6, 6.07) is 0. The number of carbonyl (C=O) groups is 4. The highest BCUT2D eigenvalue weighted by Gasteiger charge is 2.30. The molecule has 594 valence electrons. The molecule has 19 heteroatoms. The zero-order chi connectivity index (χ0) is 73.7. The SMILES string of the molecule is CCCCCCCCCCCCCCCCC(=O)O[C@H](COC(=O)CCCCCCCCCCCC(C)C)COP(=O)(O)OC[C@H](O)COP(=O)(O)OC[C@@H](COC(=O)CCCCCCCCCCCCCCCC(C)C)OC(=O)CCCCCCCCCCCCCCCCC(C)CC. The molecule has 6 atom stereocenters. The number of phosphoric acid groups is 2. The van der Waals surface area contributed by atoms with Gasteiger partial charge in [0.25, 0.3) is 0 Å². The lowest BCUT2D eigenvalue weighted by Gasteiger charge is -2.21. The van der Waals surface area contributed by atoms with Gasteiger partial charge in [-0.1, -0.05) is 370 Å². The number of rotatable bonds is 79. The van der Waals surface area contributed by atoms with Crippen LogP contribution in [0.1, 0.15) is 421 Å². The van der Waals surface area contributed by atoms with E-state index in [-0.39, 0.29) is 25.7 Å². The van der Waals surface area contributed by atoms with Gasteiger partial charge in [-0.05, 0) is 43.4 Å². The first-order valence-electron chi connectivity index (χ1n) is 41.9. The molecule has 0 heterocycles. The summed E-state index contributed by atoms with van der Waals surface area (Å²) in [6.07, 6.45) is 59.5. The van der Waals surface area contributed by atoms with Crippen LogP contribution in [0.3, 0.4) is 0 Å². The van der Waals surface area contributed by atoms with Crippen LogP contribution in [0.25, 0.3) is 0 Å². The van der Waals surface area contributed by atoms with Gasteiger partial charge in [0, 0.05) is 25.7 Å². The minimum absolute atomic E-state index is 0.107. The number of hydrogen-bond acceptors (Lipinski definition) is 15. The Bertz CT molecular complexity index is 1940. The second kappa shape index (κ2) is 71.3. The van der Waals surface area contributed by atoms with Gasteiger partial charge in [-0.3, -0.25) is 37.3 Å². The van der Waals surface area contributed by atoms with Crippen molar-refractivity contribution in [3.05, 3.63) is 0 Å². The van der Waals surface area contributed by atoms with Crippen LogP contribution in [0.4, 0.5) is 0 Å². The number of ether oxygens (including phenoxy) is 4. The lowest BCUT2D eigenvalue weighted by molar-refractivity contribution is -0.161. The van der Waals surface area contributed by atoms with Gasteiger partial charge in [0.05, 0.1) is 26.4 Å². The van der Waals surface area contributed by atoms with E-state index < -0.39 is 97.5 Å². The number of carbonyl (C=O) groups excluding carboxylic acids is 4. The van der Waals surface area contributed by atoms with E-state index >= 15 is 0 Å². The number of unbranched alkanes of at least 4 members (excludes halogenated alkanes) is 46. The third kappa shape index (κ3) is 73.0. The van der Waals surface area contributed by atoms with Gasteiger partial charge in [-0.25, -0.2) is 9.13 Å². The van der Waals surface area contributed by atoms with Crippen LogP contribution in [-0.2, 0) is 65.4 Å². The van der Waals surface area contributed by atoms with Crippen molar-refractivity contribution in [3.8, 4) is 0 Å². The third-order valence-corrected chi connectivity index (χ3v) is 21.1. The fourth-order valence-corrected chi connectivity index (χ4v) is 14.0. The molecule has 0 aromatic carbocycles. The average molecular weight is 1470 g/mol. The normalized spacial score (nSPS) is 14.2. The van der Waals surface area contributed by atoms with E-state index in [9.17, 15) is 43.2 Å². The van der Waals surface area contributed by atoms with E-state index in [1.54, 1.807) is 0 Å². The molecule has 3 N–H and O–H groups in total. The number of esters is 4. The van der Waals surface area contributed by atoms with E-state index in [2.05, 4.69) is 48.5 Å². The summed E-state index contributed by atoms with van der Waals surface area (Å²) in [5, 5.41) is 10.6.